The fraction of sp³-hybridized carbons (Fsp3) is 0.462. The topological polar surface area (TPSA) is 40.5 Å². The lowest BCUT2D eigenvalue weighted by Gasteiger charge is -2.29. The molecule has 1 N–H and O–H groups in total. The van der Waals surface area contributed by atoms with E-state index in [0.29, 0.717) is 6.42 Å². The van der Waals surface area contributed by atoms with Crippen LogP contribution in [-0.4, -0.2) is 29.1 Å². The summed E-state index contributed by atoms with van der Waals surface area (Å²) in [7, 11) is 0. The highest BCUT2D eigenvalue weighted by Gasteiger charge is 2.17. The second kappa shape index (κ2) is 5.52. The van der Waals surface area contributed by atoms with Crippen LogP contribution in [0.5, 0.6) is 0 Å². The highest BCUT2D eigenvalue weighted by Crippen LogP contribution is 2.25. The van der Waals surface area contributed by atoms with Gasteiger partial charge in [-0.2, -0.15) is 0 Å². The summed E-state index contributed by atoms with van der Waals surface area (Å²) < 4.78 is 0. The van der Waals surface area contributed by atoms with Gasteiger partial charge in [0.25, 0.3) is 0 Å². The molecule has 17 heavy (non-hydrogen) atoms. The second-order valence-electron chi connectivity index (χ2n) is 4.40. The number of nitrogens with zero attached hydrogens (tertiary/aromatic N) is 1. The van der Waals surface area contributed by atoms with Crippen LogP contribution in [0.3, 0.4) is 0 Å². The smallest absolute Gasteiger partial charge is 0.303 e. The van der Waals surface area contributed by atoms with Gasteiger partial charge in [-0.15, -0.1) is 0 Å². The van der Waals surface area contributed by atoms with Crippen LogP contribution >= 0.6 is 11.6 Å². The monoisotopic (exact) mass is 253 g/mol. The minimum atomic E-state index is -0.717. The van der Waals surface area contributed by atoms with E-state index in [-0.39, 0.29) is 6.42 Å². The summed E-state index contributed by atoms with van der Waals surface area (Å²) in [5, 5.41) is 9.46. The first-order valence-corrected chi connectivity index (χ1v) is 6.25. The highest BCUT2D eigenvalue weighted by atomic mass is 35.5. The summed E-state index contributed by atoms with van der Waals surface area (Å²) in [5.74, 6) is -0.717. The van der Waals surface area contributed by atoms with Crippen molar-refractivity contribution in [2.24, 2.45) is 0 Å². The number of rotatable bonds is 4. The zero-order valence-electron chi connectivity index (χ0n) is 9.66. The molecule has 1 aliphatic heterocycles. The molecule has 1 aliphatic rings. The SMILES string of the molecule is O=C(O)CCCN1CCc2c(Cl)cccc2C1. The van der Waals surface area contributed by atoms with Gasteiger partial charge in [0.1, 0.15) is 0 Å². The molecule has 0 atom stereocenters. The minimum absolute atomic E-state index is 0.249. The van der Waals surface area contributed by atoms with E-state index in [1.807, 2.05) is 12.1 Å². The van der Waals surface area contributed by atoms with Crippen LogP contribution in [0.4, 0.5) is 0 Å². The largest absolute Gasteiger partial charge is 0.481 e. The first kappa shape index (κ1) is 12.4. The fourth-order valence-corrected chi connectivity index (χ4v) is 2.55. The highest BCUT2D eigenvalue weighted by molar-refractivity contribution is 6.31. The molecule has 1 aromatic rings. The van der Waals surface area contributed by atoms with Crippen molar-refractivity contribution in [1.82, 2.24) is 4.90 Å². The maximum atomic E-state index is 10.4. The number of carbonyl (C=O) groups is 1. The van der Waals surface area contributed by atoms with E-state index in [1.165, 1.54) is 11.1 Å². The molecular formula is C13H16ClNO2. The predicted octanol–water partition coefficient (Wildman–Crippen LogP) is 2.56. The van der Waals surface area contributed by atoms with E-state index < -0.39 is 5.97 Å². The van der Waals surface area contributed by atoms with Crippen molar-refractivity contribution in [1.29, 1.82) is 0 Å². The lowest BCUT2D eigenvalue weighted by atomic mass is 9.99. The number of carboxylic acids is 1. The van der Waals surface area contributed by atoms with Crippen molar-refractivity contribution in [2.45, 2.75) is 25.8 Å². The maximum Gasteiger partial charge on any atom is 0.303 e. The third-order valence-corrected chi connectivity index (χ3v) is 3.51. The molecule has 0 radical (unpaired) electrons. The molecule has 0 fully saturated rings. The van der Waals surface area contributed by atoms with Crippen LogP contribution in [0, 0.1) is 0 Å². The third kappa shape index (κ3) is 3.20. The van der Waals surface area contributed by atoms with Gasteiger partial charge in [0, 0.05) is 24.5 Å². The number of hydrogen-bond acceptors (Lipinski definition) is 2. The van der Waals surface area contributed by atoms with E-state index in [2.05, 4.69) is 11.0 Å². The molecule has 2 rings (SSSR count). The average molecular weight is 254 g/mol. The lowest BCUT2D eigenvalue weighted by Crippen LogP contribution is -2.31. The molecule has 0 unspecified atom stereocenters. The van der Waals surface area contributed by atoms with Gasteiger partial charge in [0.05, 0.1) is 0 Å². The molecule has 0 spiro atoms. The molecule has 0 saturated heterocycles. The van der Waals surface area contributed by atoms with Crippen LogP contribution in [0.15, 0.2) is 18.2 Å². The summed E-state index contributed by atoms with van der Waals surface area (Å²) in [6.07, 6.45) is 1.92. The second-order valence-corrected chi connectivity index (χ2v) is 4.81. The van der Waals surface area contributed by atoms with Crippen LogP contribution in [-0.2, 0) is 17.8 Å². The standard InChI is InChI=1S/C13H16ClNO2/c14-12-4-1-3-10-9-15(8-6-11(10)12)7-2-5-13(16)17/h1,3-4H,2,5-9H2,(H,16,17). The van der Waals surface area contributed by atoms with Gasteiger partial charge in [-0.1, -0.05) is 23.7 Å². The van der Waals surface area contributed by atoms with Crippen molar-refractivity contribution in [3.8, 4) is 0 Å². The van der Waals surface area contributed by atoms with Crippen LogP contribution in [0.1, 0.15) is 24.0 Å². The summed E-state index contributed by atoms with van der Waals surface area (Å²) in [6, 6.07) is 6.01. The Bertz CT molecular complexity index is 420. The molecule has 0 aliphatic carbocycles. The molecule has 0 amide bonds. The number of aliphatic carboxylic acids is 1. The molecule has 4 heteroatoms. The third-order valence-electron chi connectivity index (χ3n) is 3.15. The first-order valence-electron chi connectivity index (χ1n) is 5.87. The quantitative estimate of drug-likeness (QED) is 0.897. The Kier molecular flexibility index (Phi) is 4.02. The number of benzene rings is 1. The van der Waals surface area contributed by atoms with E-state index in [1.54, 1.807) is 0 Å². The first-order chi connectivity index (χ1) is 8.16. The summed E-state index contributed by atoms with van der Waals surface area (Å²) in [6.45, 7) is 2.70. The fourth-order valence-electron chi connectivity index (χ4n) is 2.27. The summed E-state index contributed by atoms with van der Waals surface area (Å²) in [5.41, 5.74) is 2.53. The Morgan fingerprint density at radius 1 is 1.47 bits per heavy atom. The van der Waals surface area contributed by atoms with E-state index >= 15 is 0 Å². The lowest BCUT2D eigenvalue weighted by molar-refractivity contribution is -0.137. The summed E-state index contributed by atoms with van der Waals surface area (Å²) >= 11 is 6.14. The van der Waals surface area contributed by atoms with Gasteiger partial charge < -0.3 is 5.11 Å². The van der Waals surface area contributed by atoms with E-state index in [9.17, 15) is 4.79 Å². The van der Waals surface area contributed by atoms with Crippen molar-refractivity contribution in [3.05, 3.63) is 34.3 Å². The van der Waals surface area contributed by atoms with Crippen LogP contribution in [0.2, 0.25) is 5.02 Å². The minimum Gasteiger partial charge on any atom is -0.481 e. The number of carboxylic acid groups (broad SMARTS) is 1. The molecule has 1 aromatic carbocycles. The normalized spacial score (nSPS) is 15.6. The summed E-state index contributed by atoms with van der Waals surface area (Å²) in [4.78, 5) is 12.7. The maximum absolute atomic E-state index is 10.4. The molecule has 1 heterocycles. The van der Waals surface area contributed by atoms with Gasteiger partial charge in [-0.05, 0) is 36.6 Å². The zero-order valence-corrected chi connectivity index (χ0v) is 10.4. The van der Waals surface area contributed by atoms with Crippen molar-refractivity contribution >= 4 is 17.6 Å². The van der Waals surface area contributed by atoms with E-state index in [0.717, 1.165) is 31.1 Å². The van der Waals surface area contributed by atoms with Gasteiger partial charge in [0.15, 0.2) is 0 Å². The Morgan fingerprint density at radius 3 is 3.06 bits per heavy atom. The molecule has 3 nitrogen and oxygen atoms in total. The van der Waals surface area contributed by atoms with Gasteiger partial charge in [-0.25, -0.2) is 0 Å². The molecule has 0 bridgehead atoms. The van der Waals surface area contributed by atoms with Crippen molar-refractivity contribution in [2.75, 3.05) is 13.1 Å². The number of halogens is 1. The van der Waals surface area contributed by atoms with Crippen LogP contribution in [0.25, 0.3) is 0 Å². The Morgan fingerprint density at radius 2 is 2.29 bits per heavy atom. The van der Waals surface area contributed by atoms with Gasteiger partial charge in [-0.3, -0.25) is 9.69 Å². The Hall–Kier alpha value is -1.06. The Balaban J connectivity index is 1.92. The average Bonchev–Trinajstić information content (AvgIpc) is 2.29. The number of fused-ring (bicyclic) bond motifs is 1. The molecule has 92 valence electrons. The van der Waals surface area contributed by atoms with E-state index in [4.69, 9.17) is 16.7 Å². The van der Waals surface area contributed by atoms with Crippen LogP contribution < -0.4 is 0 Å². The van der Waals surface area contributed by atoms with Crippen molar-refractivity contribution in [3.63, 3.8) is 0 Å². The molecular weight excluding hydrogens is 238 g/mol. The predicted molar refractivity (Wildman–Crippen MR) is 67.3 cm³/mol. The van der Waals surface area contributed by atoms with Gasteiger partial charge >= 0.3 is 5.97 Å². The molecule has 0 aromatic heterocycles. The molecule has 0 saturated carbocycles. The number of hydrogen-bond donors (Lipinski definition) is 1. The zero-order chi connectivity index (χ0) is 12.3. The van der Waals surface area contributed by atoms with Crippen molar-refractivity contribution < 1.29 is 9.90 Å². The van der Waals surface area contributed by atoms with Gasteiger partial charge in [0.2, 0.25) is 0 Å². The Labute approximate surface area is 106 Å².